The molecule has 0 amide bonds. The minimum absolute atomic E-state index is 0.0691. The van der Waals surface area contributed by atoms with E-state index in [1.807, 2.05) is 0 Å². The number of nitrogens with one attached hydrogen (secondary N) is 1. The van der Waals surface area contributed by atoms with Gasteiger partial charge in [-0.2, -0.15) is 9.55 Å². The van der Waals surface area contributed by atoms with Crippen LogP contribution in [0.2, 0.25) is 0 Å². The largest absolute Gasteiger partial charge is 0.451 e. The first-order valence-corrected chi connectivity index (χ1v) is 11.0. The lowest BCUT2D eigenvalue weighted by Crippen LogP contribution is -2.23. The molecule has 5 rings (SSSR count). The lowest BCUT2D eigenvalue weighted by Gasteiger charge is -2.25. The Labute approximate surface area is 189 Å². The summed E-state index contributed by atoms with van der Waals surface area (Å²) in [6.45, 7) is 5.77. The van der Waals surface area contributed by atoms with Crippen molar-refractivity contribution in [2.24, 2.45) is 0 Å². The van der Waals surface area contributed by atoms with Crippen LogP contribution in [0.4, 0.5) is 8.78 Å². The van der Waals surface area contributed by atoms with E-state index in [4.69, 9.17) is 9.26 Å². The van der Waals surface area contributed by atoms with E-state index in [0.29, 0.717) is 12.6 Å². The minimum Gasteiger partial charge on any atom is -0.451 e. The van der Waals surface area contributed by atoms with Crippen molar-refractivity contribution in [1.82, 2.24) is 10.1 Å². The molecule has 1 fully saturated rings. The summed E-state index contributed by atoms with van der Waals surface area (Å²) in [7, 11) is 0. The van der Waals surface area contributed by atoms with Crippen molar-refractivity contribution in [3.63, 3.8) is 0 Å². The van der Waals surface area contributed by atoms with Crippen LogP contribution in [0.3, 0.4) is 0 Å². The van der Waals surface area contributed by atoms with E-state index in [1.54, 1.807) is 6.07 Å². The van der Waals surface area contributed by atoms with Crippen molar-refractivity contribution in [3.05, 3.63) is 92.8 Å². The van der Waals surface area contributed by atoms with E-state index in [-0.39, 0.29) is 22.5 Å². The number of benzene rings is 3. The van der Waals surface area contributed by atoms with E-state index in [0.717, 1.165) is 24.9 Å². The second-order valence-corrected chi connectivity index (χ2v) is 8.70. The van der Waals surface area contributed by atoms with E-state index < -0.39 is 17.2 Å². The van der Waals surface area contributed by atoms with Crippen LogP contribution in [0, 0.1) is 25.5 Å². The zero-order valence-electron chi connectivity index (χ0n) is 18.5. The number of H-pyrrole nitrogens is 1. The Kier molecular flexibility index (Phi) is 5.50. The minimum atomic E-state index is -0.859. The maximum absolute atomic E-state index is 14.8. The number of hydrogen-bond acceptors (Lipinski definition) is 4. The number of aromatic nitrogens is 1. The number of nitrogens with zero attached hydrogens (tertiary/aromatic N) is 1. The van der Waals surface area contributed by atoms with Crippen LogP contribution in [0.15, 0.2) is 57.8 Å². The highest BCUT2D eigenvalue weighted by Crippen LogP contribution is 2.35. The van der Waals surface area contributed by atoms with Gasteiger partial charge in [-0.05, 0) is 68.6 Å². The number of rotatable bonds is 5. The molecule has 1 unspecified atom stereocenters. The van der Waals surface area contributed by atoms with Gasteiger partial charge in [-0.1, -0.05) is 35.4 Å². The van der Waals surface area contributed by atoms with Gasteiger partial charge in [-0.15, -0.1) is 0 Å². The van der Waals surface area contributed by atoms with Crippen molar-refractivity contribution in [1.29, 1.82) is 0 Å². The molecule has 0 bridgehead atoms. The average Bonchev–Trinajstić information content (AvgIpc) is 3.38. The fourth-order valence-corrected chi connectivity index (χ4v) is 4.72. The Morgan fingerprint density at radius 2 is 1.82 bits per heavy atom. The summed E-state index contributed by atoms with van der Waals surface area (Å²) in [5.41, 5.74) is 3.83. The fraction of sp³-hybridized carbons (Fsp3) is 0.269. The zero-order valence-corrected chi connectivity index (χ0v) is 18.5. The highest BCUT2D eigenvalue weighted by Gasteiger charge is 2.26. The van der Waals surface area contributed by atoms with Crippen LogP contribution in [-0.2, 0) is 6.54 Å². The normalized spacial score (nSPS) is 16.5. The van der Waals surface area contributed by atoms with Gasteiger partial charge in [-0.3, -0.25) is 9.69 Å². The Morgan fingerprint density at radius 1 is 1.06 bits per heavy atom. The maximum atomic E-state index is 14.8. The lowest BCUT2D eigenvalue weighted by molar-refractivity contribution is 0.248. The molecule has 1 aliphatic rings. The van der Waals surface area contributed by atoms with Crippen molar-refractivity contribution >= 4 is 11.0 Å². The maximum Gasteiger partial charge on any atom is 0.287 e. The van der Waals surface area contributed by atoms with Crippen molar-refractivity contribution in [3.8, 4) is 11.5 Å². The van der Waals surface area contributed by atoms with Crippen molar-refractivity contribution in [2.45, 2.75) is 39.3 Å². The highest BCUT2D eigenvalue weighted by molar-refractivity contribution is 5.78. The summed E-state index contributed by atoms with van der Waals surface area (Å²) in [5.74, 6) is -1.75. The van der Waals surface area contributed by atoms with E-state index in [1.165, 1.54) is 41.0 Å². The molecule has 5 nitrogen and oxygen atoms in total. The van der Waals surface area contributed by atoms with Gasteiger partial charge in [0.2, 0.25) is 11.4 Å². The molecule has 2 heterocycles. The van der Waals surface area contributed by atoms with Crippen LogP contribution in [0.5, 0.6) is 11.5 Å². The number of ether oxygens (including phenoxy) is 1. The van der Waals surface area contributed by atoms with Gasteiger partial charge in [0.1, 0.15) is 0 Å². The molecular formula is C26H24F2N2O3. The summed E-state index contributed by atoms with van der Waals surface area (Å²) in [6, 6.07) is 14.3. The molecular weight excluding hydrogens is 426 g/mol. The molecule has 0 saturated carbocycles. The van der Waals surface area contributed by atoms with Gasteiger partial charge in [0.05, 0.1) is 5.39 Å². The Bertz CT molecular complexity index is 1370. The molecule has 1 aromatic heterocycles. The third kappa shape index (κ3) is 4.16. The molecule has 170 valence electrons. The van der Waals surface area contributed by atoms with Crippen molar-refractivity contribution < 1.29 is 18.0 Å². The summed E-state index contributed by atoms with van der Waals surface area (Å²) >= 11 is 0. The van der Waals surface area contributed by atoms with Gasteiger partial charge in [0, 0.05) is 12.6 Å². The molecule has 0 aliphatic carbocycles. The van der Waals surface area contributed by atoms with Gasteiger partial charge >= 0.3 is 0 Å². The molecule has 0 radical (unpaired) electrons. The molecule has 3 aromatic carbocycles. The third-order valence-corrected chi connectivity index (χ3v) is 6.15. The summed E-state index contributed by atoms with van der Waals surface area (Å²) < 4.78 is 39.8. The molecule has 0 spiro atoms. The first kappa shape index (κ1) is 21.4. The molecule has 33 heavy (non-hydrogen) atoms. The van der Waals surface area contributed by atoms with Crippen LogP contribution >= 0.6 is 0 Å². The van der Waals surface area contributed by atoms with Crippen LogP contribution in [0.1, 0.15) is 41.1 Å². The standard InChI is InChI=1S/C26H24F2N2O3/c1-15-10-16(2)12-18(11-15)21-4-3-9-30(21)14-17-5-7-22(20(27)13-17)32-23-8-6-19-25(24(23)28)33-29-26(19)31/h5-8,10-13,21H,3-4,9,14H2,1-2H3,(H,29,31). The fourth-order valence-electron chi connectivity index (χ4n) is 4.72. The van der Waals surface area contributed by atoms with E-state index >= 15 is 0 Å². The Morgan fingerprint density at radius 3 is 2.58 bits per heavy atom. The predicted octanol–water partition coefficient (Wildman–Crippen LogP) is 6.15. The zero-order chi connectivity index (χ0) is 23.1. The highest BCUT2D eigenvalue weighted by atomic mass is 19.1. The number of aromatic amines is 1. The quantitative estimate of drug-likeness (QED) is 0.396. The number of hydrogen-bond donors (Lipinski definition) is 1. The summed E-state index contributed by atoms with van der Waals surface area (Å²) in [6.07, 6.45) is 2.17. The van der Waals surface area contributed by atoms with Crippen LogP contribution in [0.25, 0.3) is 11.0 Å². The smallest absolute Gasteiger partial charge is 0.287 e. The number of halogens is 2. The number of aryl methyl sites for hydroxylation is 2. The molecule has 4 aromatic rings. The van der Waals surface area contributed by atoms with Gasteiger partial charge in [0.15, 0.2) is 17.3 Å². The molecule has 1 aliphatic heterocycles. The lowest BCUT2D eigenvalue weighted by atomic mass is 9.99. The predicted molar refractivity (Wildman–Crippen MR) is 122 cm³/mol. The molecule has 1 saturated heterocycles. The first-order valence-electron chi connectivity index (χ1n) is 11.0. The second kappa shape index (κ2) is 8.48. The topological polar surface area (TPSA) is 58.5 Å². The van der Waals surface area contributed by atoms with Crippen LogP contribution < -0.4 is 10.3 Å². The first-order chi connectivity index (χ1) is 15.9. The third-order valence-electron chi connectivity index (χ3n) is 6.15. The molecule has 7 heteroatoms. The van der Waals surface area contributed by atoms with Crippen molar-refractivity contribution in [2.75, 3.05) is 6.54 Å². The Balaban J connectivity index is 1.35. The molecule has 1 N–H and O–H groups in total. The second-order valence-electron chi connectivity index (χ2n) is 8.70. The van der Waals surface area contributed by atoms with E-state index in [2.05, 4.69) is 42.1 Å². The van der Waals surface area contributed by atoms with Gasteiger partial charge in [0.25, 0.3) is 5.56 Å². The molecule has 1 atom stereocenters. The number of likely N-dealkylation sites (tertiary alicyclic amines) is 1. The van der Waals surface area contributed by atoms with E-state index in [9.17, 15) is 13.6 Å². The monoisotopic (exact) mass is 450 g/mol. The average molecular weight is 450 g/mol. The van der Waals surface area contributed by atoms with Gasteiger partial charge in [-0.25, -0.2) is 4.39 Å². The summed E-state index contributed by atoms with van der Waals surface area (Å²) in [5, 5.41) is 2.15. The number of fused-ring (bicyclic) bond motifs is 1. The SMILES string of the molecule is Cc1cc(C)cc(C2CCCN2Cc2ccc(Oc3ccc4c(=O)[nH]oc4c3F)c(F)c2)c1. The summed E-state index contributed by atoms with van der Waals surface area (Å²) in [4.78, 5) is 13.9. The van der Waals surface area contributed by atoms with Crippen LogP contribution in [-0.4, -0.2) is 16.6 Å². The Hall–Kier alpha value is -3.45. The van der Waals surface area contributed by atoms with Gasteiger partial charge < -0.3 is 9.26 Å².